The van der Waals surface area contributed by atoms with Crippen molar-refractivity contribution in [3.63, 3.8) is 0 Å². The van der Waals surface area contributed by atoms with Crippen LogP contribution in [0, 0.1) is 18.3 Å². The molecule has 1 amide bonds. The standard InChI is InChI=1S/C20H21N7O/c1-14-6-10-27-17(11-14)16(12-23-27)20-22-8-5-18(25-20)24-15-3-2-9-26(13-15)19(28)4-7-21/h5-6,8,10-12,15H,2-4,9,13H2,1H3,(H,22,24,25). The van der Waals surface area contributed by atoms with E-state index in [1.54, 1.807) is 17.3 Å². The number of rotatable bonds is 4. The molecule has 3 aromatic rings. The first-order valence-electron chi connectivity index (χ1n) is 9.33. The Morgan fingerprint density at radius 3 is 3.18 bits per heavy atom. The second-order valence-corrected chi connectivity index (χ2v) is 7.02. The van der Waals surface area contributed by atoms with Gasteiger partial charge in [-0.05, 0) is 43.5 Å². The first kappa shape index (κ1) is 17.9. The Hall–Kier alpha value is -3.47. The highest BCUT2D eigenvalue weighted by atomic mass is 16.2. The maximum atomic E-state index is 12.0. The summed E-state index contributed by atoms with van der Waals surface area (Å²) in [5.41, 5.74) is 2.98. The maximum Gasteiger partial charge on any atom is 0.236 e. The molecular formula is C20H21N7O. The molecule has 0 saturated carbocycles. The molecule has 1 aliphatic heterocycles. The van der Waals surface area contributed by atoms with Gasteiger partial charge in [-0.2, -0.15) is 10.4 Å². The van der Waals surface area contributed by atoms with E-state index in [-0.39, 0.29) is 18.4 Å². The Morgan fingerprint density at radius 2 is 2.32 bits per heavy atom. The highest BCUT2D eigenvalue weighted by Gasteiger charge is 2.23. The zero-order chi connectivity index (χ0) is 19.5. The van der Waals surface area contributed by atoms with Crippen LogP contribution in [0.2, 0.25) is 0 Å². The van der Waals surface area contributed by atoms with Crippen LogP contribution in [-0.2, 0) is 4.79 Å². The van der Waals surface area contributed by atoms with E-state index in [4.69, 9.17) is 5.26 Å². The van der Waals surface area contributed by atoms with E-state index >= 15 is 0 Å². The number of amides is 1. The molecule has 1 N–H and O–H groups in total. The lowest BCUT2D eigenvalue weighted by Crippen LogP contribution is -2.45. The number of carbonyl (C=O) groups excluding carboxylic acids is 1. The zero-order valence-corrected chi connectivity index (χ0v) is 15.7. The number of hydrogen-bond donors (Lipinski definition) is 1. The van der Waals surface area contributed by atoms with Crippen LogP contribution in [0.25, 0.3) is 16.9 Å². The summed E-state index contributed by atoms with van der Waals surface area (Å²) in [6.45, 7) is 3.32. The molecule has 0 radical (unpaired) electrons. The zero-order valence-electron chi connectivity index (χ0n) is 15.7. The minimum Gasteiger partial charge on any atom is -0.365 e. The third-order valence-corrected chi connectivity index (χ3v) is 4.93. The van der Waals surface area contributed by atoms with Crippen LogP contribution in [0.15, 0.2) is 36.8 Å². The third kappa shape index (κ3) is 3.64. The summed E-state index contributed by atoms with van der Waals surface area (Å²) in [5, 5.41) is 16.5. The number of pyridine rings is 1. The van der Waals surface area contributed by atoms with Crippen molar-refractivity contribution in [3.8, 4) is 17.5 Å². The summed E-state index contributed by atoms with van der Waals surface area (Å²) >= 11 is 0. The molecule has 142 valence electrons. The second-order valence-electron chi connectivity index (χ2n) is 7.02. The van der Waals surface area contributed by atoms with Crippen LogP contribution >= 0.6 is 0 Å². The van der Waals surface area contributed by atoms with E-state index in [0.717, 1.165) is 35.3 Å². The number of carbonyl (C=O) groups is 1. The molecule has 3 aromatic heterocycles. The van der Waals surface area contributed by atoms with Crippen molar-refractivity contribution >= 4 is 17.2 Å². The maximum absolute atomic E-state index is 12.0. The van der Waals surface area contributed by atoms with Crippen LogP contribution < -0.4 is 5.32 Å². The van der Waals surface area contributed by atoms with Crippen LogP contribution in [0.4, 0.5) is 5.82 Å². The molecule has 1 fully saturated rings. The SMILES string of the molecule is Cc1ccn2ncc(-c3nccc(NC4CCCN(C(=O)CC#N)C4)n3)c2c1. The predicted molar refractivity (Wildman–Crippen MR) is 104 cm³/mol. The van der Waals surface area contributed by atoms with Gasteiger partial charge >= 0.3 is 0 Å². The average molecular weight is 375 g/mol. The molecule has 0 aliphatic carbocycles. The Kier molecular flexibility index (Phi) is 4.89. The summed E-state index contributed by atoms with van der Waals surface area (Å²) in [5.74, 6) is 1.22. The molecule has 1 atom stereocenters. The van der Waals surface area contributed by atoms with Crippen molar-refractivity contribution in [3.05, 3.63) is 42.4 Å². The van der Waals surface area contributed by atoms with Crippen LogP contribution in [-0.4, -0.2) is 49.5 Å². The van der Waals surface area contributed by atoms with E-state index in [2.05, 4.69) is 26.4 Å². The van der Waals surface area contributed by atoms with Crippen molar-refractivity contribution in [1.29, 1.82) is 5.26 Å². The smallest absolute Gasteiger partial charge is 0.236 e. The first-order valence-corrected chi connectivity index (χ1v) is 9.33. The number of anilines is 1. The van der Waals surface area contributed by atoms with E-state index in [9.17, 15) is 4.79 Å². The minimum absolute atomic E-state index is 0.0709. The molecule has 4 rings (SSSR count). The topological polar surface area (TPSA) is 99.2 Å². The lowest BCUT2D eigenvalue weighted by atomic mass is 10.1. The van der Waals surface area contributed by atoms with Crippen molar-refractivity contribution in [1.82, 2.24) is 24.5 Å². The van der Waals surface area contributed by atoms with Crippen LogP contribution in [0.1, 0.15) is 24.8 Å². The molecule has 1 unspecified atom stereocenters. The average Bonchev–Trinajstić information content (AvgIpc) is 3.11. The quantitative estimate of drug-likeness (QED) is 0.752. The van der Waals surface area contributed by atoms with E-state index < -0.39 is 0 Å². The molecule has 4 heterocycles. The molecule has 0 aromatic carbocycles. The summed E-state index contributed by atoms with van der Waals surface area (Å²) in [7, 11) is 0. The molecule has 1 saturated heterocycles. The van der Waals surface area contributed by atoms with Gasteiger partial charge in [-0.15, -0.1) is 0 Å². The minimum atomic E-state index is -0.112. The van der Waals surface area contributed by atoms with Crippen molar-refractivity contribution < 1.29 is 4.79 Å². The summed E-state index contributed by atoms with van der Waals surface area (Å²) < 4.78 is 1.81. The van der Waals surface area contributed by atoms with Gasteiger partial charge in [0.25, 0.3) is 0 Å². The van der Waals surface area contributed by atoms with Gasteiger partial charge in [-0.3, -0.25) is 4.79 Å². The van der Waals surface area contributed by atoms with Crippen LogP contribution in [0.3, 0.4) is 0 Å². The number of nitrogens with one attached hydrogen (secondary N) is 1. The number of nitrogens with zero attached hydrogens (tertiary/aromatic N) is 6. The predicted octanol–water partition coefficient (Wildman–Crippen LogP) is 2.42. The van der Waals surface area contributed by atoms with Gasteiger partial charge in [0.05, 0.1) is 23.3 Å². The Bertz CT molecular complexity index is 1050. The lowest BCUT2D eigenvalue weighted by molar-refractivity contribution is -0.131. The van der Waals surface area contributed by atoms with Gasteiger partial charge in [0.1, 0.15) is 12.2 Å². The Labute approximate surface area is 162 Å². The van der Waals surface area contributed by atoms with E-state index in [1.165, 1.54) is 0 Å². The molecule has 1 aliphatic rings. The summed E-state index contributed by atoms with van der Waals surface area (Å²) in [6.07, 6.45) is 7.21. The molecule has 0 bridgehead atoms. The number of hydrogen-bond acceptors (Lipinski definition) is 6. The normalized spacial score (nSPS) is 16.7. The van der Waals surface area contributed by atoms with Gasteiger partial charge in [-0.1, -0.05) is 0 Å². The fourth-order valence-electron chi connectivity index (χ4n) is 3.54. The van der Waals surface area contributed by atoms with Gasteiger partial charge in [0, 0.05) is 31.5 Å². The number of aryl methyl sites for hydroxylation is 1. The molecule has 0 spiro atoms. The van der Waals surface area contributed by atoms with Gasteiger partial charge in [-0.25, -0.2) is 14.5 Å². The summed E-state index contributed by atoms with van der Waals surface area (Å²) in [4.78, 5) is 22.8. The van der Waals surface area contributed by atoms with E-state index in [1.807, 2.05) is 35.8 Å². The highest BCUT2D eigenvalue weighted by Crippen LogP contribution is 2.23. The van der Waals surface area contributed by atoms with Crippen LogP contribution in [0.5, 0.6) is 0 Å². The first-order chi connectivity index (χ1) is 13.6. The Balaban J connectivity index is 1.53. The summed E-state index contributed by atoms with van der Waals surface area (Å²) in [6, 6.07) is 7.93. The van der Waals surface area contributed by atoms with Gasteiger partial charge in [0.15, 0.2) is 5.82 Å². The third-order valence-electron chi connectivity index (χ3n) is 4.93. The van der Waals surface area contributed by atoms with Gasteiger partial charge < -0.3 is 10.2 Å². The number of fused-ring (bicyclic) bond motifs is 1. The monoisotopic (exact) mass is 375 g/mol. The van der Waals surface area contributed by atoms with Crippen molar-refractivity contribution in [2.24, 2.45) is 0 Å². The van der Waals surface area contributed by atoms with Gasteiger partial charge in [0.2, 0.25) is 5.91 Å². The number of nitriles is 1. The molecule has 28 heavy (non-hydrogen) atoms. The molecule has 8 nitrogen and oxygen atoms in total. The fourth-order valence-corrected chi connectivity index (χ4v) is 3.54. The Morgan fingerprint density at radius 1 is 1.43 bits per heavy atom. The highest BCUT2D eigenvalue weighted by molar-refractivity contribution is 5.78. The number of likely N-dealkylation sites (tertiary alicyclic amines) is 1. The largest absolute Gasteiger partial charge is 0.365 e. The number of aromatic nitrogens is 4. The van der Waals surface area contributed by atoms with E-state index in [0.29, 0.717) is 18.9 Å². The van der Waals surface area contributed by atoms with Crippen molar-refractivity contribution in [2.75, 3.05) is 18.4 Å². The second kappa shape index (κ2) is 7.64. The fraction of sp³-hybridized carbons (Fsp3) is 0.350. The molecule has 8 heteroatoms. The number of piperidine rings is 1. The molecular weight excluding hydrogens is 354 g/mol. The lowest BCUT2D eigenvalue weighted by Gasteiger charge is -2.33. The van der Waals surface area contributed by atoms with Crippen molar-refractivity contribution in [2.45, 2.75) is 32.2 Å².